The van der Waals surface area contributed by atoms with Crippen molar-refractivity contribution in [3.8, 4) is 5.75 Å². The number of β-amino-alcohol motifs (C(OH)–C–C–N with tert-alkyl or cyclic N) is 1. The van der Waals surface area contributed by atoms with E-state index in [4.69, 9.17) is 4.74 Å². The average Bonchev–Trinajstić information content (AvgIpc) is 2.76. The number of fused-ring (bicyclic) bond motifs is 1. The quantitative estimate of drug-likeness (QED) is 0.438. The van der Waals surface area contributed by atoms with Crippen molar-refractivity contribution in [2.45, 2.75) is 39.5 Å². The Morgan fingerprint density at radius 3 is 2.67 bits per heavy atom. The largest absolute Gasteiger partial charge is 0.494 e. The standard InChI is InChI=1S/C24H34N4O2/c1-3-25-24(26-15-20-10-7-8-12-23(20)30-4-2)27-16-22(29)18-28-14-13-19-9-5-6-11-21(19)17-28/h5-12,22,29H,3-4,13-18H2,1-2H3,(H2,25,26,27). The van der Waals surface area contributed by atoms with Gasteiger partial charge in [0.15, 0.2) is 5.96 Å². The first-order valence-corrected chi connectivity index (χ1v) is 10.9. The minimum atomic E-state index is -0.463. The molecule has 3 N–H and O–H groups in total. The van der Waals surface area contributed by atoms with E-state index in [-0.39, 0.29) is 0 Å². The summed E-state index contributed by atoms with van der Waals surface area (Å²) in [7, 11) is 0. The van der Waals surface area contributed by atoms with Gasteiger partial charge in [0.2, 0.25) is 0 Å². The van der Waals surface area contributed by atoms with E-state index in [2.05, 4.69) is 44.8 Å². The molecule has 2 aromatic rings. The van der Waals surface area contributed by atoms with Crippen molar-refractivity contribution < 1.29 is 9.84 Å². The molecule has 1 unspecified atom stereocenters. The normalized spacial score (nSPS) is 15.4. The molecular weight excluding hydrogens is 376 g/mol. The molecule has 0 bridgehead atoms. The zero-order valence-corrected chi connectivity index (χ0v) is 18.1. The van der Waals surface area contributed by atoms with Gasteiger partial charge in [0.25, 0.3) is 0 Å². The van der Waals surface area contributed by atoms with Crippen molar-refractivity contribution in [2.75, 3.05) is 32.8 Å². The molecule has 1 aliphatic rings. The number of hydrogen-bond donors (Lipinski definition) is 3. The summed E-state index contributed by atoms with van der Waals surface area (Å²) < 4.78 is 5.68. The lowest BCUT2D eigenvalue weighted by Gasteiger charge is -2.30. The minimum absolute atomic E-state index is 0.455. The van der Waals surface area contributed by atoms with Gasteiger partial charge < -0.3 is 20.5 Å². The van der Waals surface area contributed by atoms with Gasteiger partial charge in [-0.25, -0.2) is 4.99 Å². The van der Waals surface area contributed by atoms with E-state index in [1.165, 1.54) is 11.1 Å². The van der Waals surface area contributed by atoms with E-state index in [0.717, 1.165) is 37.4 Å². The van der Waals surface area contributed by atoms with Gasteiger partial charge in [-0.05, 0) is 37.5 Å². The summed E-state index contributed by atoms with van der Waals surface area (Å²) in [5.74, 6) is 1.57. The lowest BCUT2D eigenvalue weighted by atomic mass is 10.00. The summed E-state index contributed by atoms with van der Waals surface area (Å²) in [5, 5.41) is 17.1. The molecule has 0 aromatic heterocycles. The second-order valence-corrected chi connectivity index (χ2v) is 7.52. The van der Waals surface area contributed by atoms with Crippen molar-refractivity contribution in [3.05, 3.63) is 65.2 Å². The lowest BCUT2D eigenvalue weighted by molar-refractivity contribution is 0.108. The summed E-state index contributed by atoms with van der Waals surface area (Å²) in [6, 6.07) is 16.5. The minimum Gasteiger partial charge on any atom is -0.494 e. The van der Waals surface area contributed by atoms with Crippen LogP contribution in [0.15, 0.2) is 53.5 Å². The number of hydrogen-bond acceptors (Lipinski definition) is 4. The topological polar surface area (TPSA) is 69.1 Å². The predicted molar refractivity (Wildman–Crippen MR) is 122 cm³/mol. The second kappa shape index (κ2) is 11.6. The average molecular weight is 411 g/mol. The van der Waals surface area contributed by atoms with E-state index in [9.17, 15) is 5.11 Å². The SMILES string of the molecule is CCNC(=NCc1ccccc1OCC)NCC(O)CN1CCc2ccccc2C1. The Morgan fingerprint density at radius 2 is 1.87 bits per heavy atom. The number of rotatable bonds is 9. The van der Waals surface area contributed by atoms with Crippen LogP contribution in [-0.2, 0) is 19.5 Å². The summed E-state index contributed by atoms with van der Waals surface area (Å²) in [6.07, 6.45) is 0.578. The molecule has 1 atom stereocenters. The van der Waals surface area contributed by atoms with Crippen molar-refractivity contribution in [2.24, 2.45) is 4.99 Å². The van der Waals surface area contributed by atoms with Crippen molar-refractivity contribution in [1.82, 2.24) is 15.5 Å². The molecular formula is C24H34N4O2. The van der Waals surface area contributed by atoms with Crippen molar-refractivity contribution in [3.63, 3.8) is 0 Å². The molecule has 0 spiro atoms. The first kappa shape index (κ1) is 22.1. The molecule has 1 aliphatic heterocycles. The van der Waals surface area contributed by atoms with E-state index >= 15 is 0 Å². The van der Waals surface area contributed by atoms with Crippen LogP contribution < -0.4 is 15.4 Å². The Morgan fingerprint density at radius 1 is 1.10 bits per heavy atom. The third kappa shape index (κ3) is 6.47. The number of nitrogens with one attached hydrogen (secondary N) is 2. The number of nitrogens with zero attached hydrogens (tertiary/aromatic N) is 2. The maximum absolute atomic E-state index is 10.6. The van der Waals surface area contributed by atoms with Gasteiger partial charge in [-0.15, -0.1) is 0 Å². The number of ether oxygens (including phenoxy) is 1. The number of benzene rings is 2. The molecule has 0 saturated carbocycles. The lowest BCUT2D eigenvalue weighted by Crippen LogP contribution is -2.45. The molecule has 0 aliphatic carbocycles. The van der Waals surface area contributed by atoms with Gasteiger partial charge in [-0.3, -0.25) is 4.90 Å². The van der Waals surface area contributed by atoms with E-state index in [1.54, 1.807) is 0 Å². The third-order valence-corrected chi connectivity index (χ3v) is 5.21. The molecule has 0 radical (unpaired) electrons. The first-order valence-electron chi connectivity index (χ1n) is 10.9. The number of guanidine groups is 1. The Labute approximate surface area is 180 Å². The fraction of sp³-hybridized carbons (Fsp3) is 0.458. The fourth-order valence-electron chi connectivity index (χ4n) is 3.72. The van der Waals surface area contributed by atoms with Crippen LogP contribution in [0.5, 0.6) is 5.75 Å². The van der Waals surface area contributed by atoms with E-state index < -0.39 is 6.10 Å². The summed E-state index contributed by atoms with van der Waals surface area (Å²) in [5.41, 5.74) is 3.84. The highest BCUT2D eigenvalue weighted by molar-refractivity contribution is 5.79. The maximum Gasteiger partial charge on any atom is 0.191 e. The monoisotopic (exact) mass is 410 g/mol. The Hall–Kier alpha value is -2.57. The zero-order chi connectivity index (χ0) is 21.2. The van der Waals surface area contributed by atoms with Crippen LogP contribution in [-0.4, -0.2) is 54.9 Å². The highest BCUT2D eigenvalue weighted by Gasteiger charge is 2.18. The zero-order valence-electron chi connectivity index (χ0n) is 18.1. The van der Waals surface area contributed by atoms with Gasteiger partial charge in [-0.2, -0.15) is 0 Å². The van der Waals surface area contributed by atoms with Crippen LogP contribution in [0.25, 0.3) is 0 Å². The molecule has 1 heterocycles. The van der Waals surface area contributed by atoms with Crippen LogP contribution >= 0.6 is 0 Å². The van der Waals surface area contributed by atoms with Crippen LogP contribution in [0.2, 0.25) is 0 Å². The third-order valence-electron chi connectivity index (χ3n) is 5.21. The maximum atomic E-state index is 10.6. The van der Waals surface area contributed by atoms with Crippen LogP contribution in [0.3, 0.4) is 0 Å². The number of aliphatic imine (C=N–C) groups is 1. The number of aliphatic hydroxyl groups is 1. The van der Waals surface area contributed by atoms with Crippen molar-refractivity contribution in [1.29, 1.82) is 0 Å². The summed E-state index contributed by atoms with van der Waals surface area (Å²) in [4.78, 5) is 6.98. The fourth-order valence-corrected chi connectivity index (χ4v) is 3.72. The molecule has 3 rings (SSSR count). The van der Waals surface area contributed by atoms with Crippen LogP contribution in [0.4, 0.5) is 0 Å². The Balaban J connectivity index is 1.51. The summed E-state index contributed by atoms with van der Waals surface area (Å²) in [6.45, 7) is 8.91. The second-order valence-electron chi connectivity index (χ2n) is 7.52. The molecule has 2 aromatic carbocycles. The molecule has 6 nitrogen and oxygen atoms in total. The first-order chi connectivity index (χ1) is 14.7. The molecule has 30 heavy (non-hydrogen) atoms. The van der Waals surface area contributed by atoms with Crippen LogP contribution in [0.1, 0.15) is 30.5 Å². The Bertz CT molecular complexity index is 824. The summed E-state index contributed by atoms with van der Waals surface area (Å²) >= 11 is 0. The van der Waals surface area contributed by atoms with Crippen LogP contribution in [0, 0.1) is 0 Å². The Kier molecular flexibility index (Phi) is 8.53. The van der Waals surface area contributed by atoms with Gasteiger partial charge in [0.05, 0.1) is 19.3 Å². The highest BCUT2D eigenvalue weighted by Crippen LogP contribution is 2.19. The molecule has 0 fully saturated rings. The molecule has 0 saturated heterocycles. The predicted octanol–water partition coefficient (Wildman–Crippen LogP) is 2.56. The van der Waals surface area contributed by atoms with Gasteiger partial charge in [0.1, 0.15) is 5.75 Å². The molecule has 162 valence electrons. The van der Waals surface area contributed by atoms with E-state index in [0.29, 0.717) is 32.2 Å². The van der Waals surface area contributed by atoms with Crippen molar-refractivity contribution >= 4 is 5.96 Å². The highest BCUT2D eigenvalue weighted by atomic mass is 16.5. The number of para-hydroxylation sites is 1. The smallest absolute Gasteiger partial charge is 0.191 e. The van der Waals surface area contributed by atoms with Gasteiger partial charge in [0, 0.05) is 38.3 Å². The van der Waals surface area contributed by atoms with Gasteiger partial charge in [-0.1, -0.05) is 42.5 Å². The van der Waals surface area contributed by atoms with E-state index in [1.807, 2.05) is 38.1 Å². The molecule has 6 heteroatoms. The number of aliphatic hydroxyl groups excluding tert-OH is 1. The van der Waals surface area contributed by atoms with Gasteiger partial charge >= 0.3 is 0 Å². The molecule has 0 amide bonds.